The average Bonchev–Trinajstić information content (AvgIpc) is 3.45. The van der Waals surface area contributed by atoms with Gasteiger partial charge in [0.05, 0.1) is 16.8 Å². The van der Waals surface area contributed by atoms with Crippen LogP contribution < -0.4 is 10.2 Å². The number of anilines is 2. The standard InChI is InChI=1S/C31H32ClN3O2/c32-26-14-15-28(34-19-21-35(22-20-34)29(36)16-13-24-9-3-1-4-10-24)27(23-26)33-30(37)31(17-7-8-18-31)25-11-5-2-6-12-25/h1-6,9-16,23H,7-8,17-22H2,(H,33,37)/b16-13+. The number of hydrogen-bond acceptors (Lipinski definition) is 3. The zero-order valence-electron chi connectivity index (χ0n) is 20.9. The third-order valence-corrected chi connectivity index (χ3v) is 7.81. The minimum absolute atomic E-state index is 0.0131. The number of carbonyl (C=O) groups excluding carboxylic acids is 2. The van der Waals surface area contributed by atoms with Gasteiger partial charge < -0.3 is 15.1 Å². The molecule has 1 aliphatic carbocycles. The van der Waals surface area contributed by atoms with E-state index in [0.717, 1.165) is 48.2 Å². The summed E-state index contributed by atoms with van der Waals surface area (Å²) in [5.74, 6) is 0.0405. The van der Waals surface area contributed by atoms with Gasteiger partial charge in [0.25, 0.3) is 0 Å². The summed E-state index contributed by atoms with van der Waals surface area (Å²) in [7, 11) is 0. The summed E-state index contributed by atoms with van der Waals surface area (Å²) in [5, 5.41) is 3.83. The molecule has 0 radical (unpaired) electrons. The third-order valence-electron chi connectivity index (χ3n) is 7.57. The highest BCUT2D eigenvalue weighted by Crippen LogP contribution is 2.43. The fourth-order valence-corrected chi connectivity index (χ4v) is 5.69. The van der Waals surface area contributed by atoms with Gasteiger partial charge in [0.2, 0.25) is 11.8 Å². The second kappa shape index (κ2) is 11.2. The Balaban J connectivity index is 1.29. The number of amides is 2. The Morgan fingerprint density at radius 2 is 1.49 bits per heavy atom. The first-order valence-corrected chi connectivity index (χ1v) is 13.4. The molecule has 2 fully saturated rings. The van der Waals surface area contributed by atoms with E-state index in [9.17, 15) is 9.59 Å². The Morgan fingerprint density at radius 3 is 2.16 bits per heavy atom. The summed E-state index contributed by atoms with van der Waals surface area (Å²) < 4.78 is 0. The van der Waals surface area contributed by atoms with Crippen molar-refractivity contribution in [3.8, 4) is 0 Å². The number of rotatable bonds is 6. The molecule has 1 aliphatic heterocycles. The lowest BCUT2D eigenvalue weighted by atomic mass is 9.78. The van der Waals surface area contributed by atoms with Crippen molar-refractivity contribution >= 4 is 40.9 Å². The molecule has 0 spiro atoms. The minimum atomic E-state index is -0.517. The molecule has 0 unspecified atom stereocenters. The Bertz CT molecular complexity index is 1260. The minimum Gasteiger partial charge on any atom is -0.366 e. The summed E-state index contributed by atoms with van der Waals surface area (Å²) in [6.07, 6.45) is 7.27. The molecule has 5 rings (SSSR count). The Kier molecular flexibility index (Phi) is 7.61. The van der Waals surface area contributed by atoms with Gasteiger partial charge >= 0.3 is 0 Å². The highest BCUT2D eigenvalue weighted by Gasteiger charge is 2.43. The number of carbonyl (C=O) groups is 2. The highest BCUT2D eigenvalue weighted by atomic mass is 35.5. The van der Waals surface area contributed by atoms with Crippen molar-refractivity contribution in [1.29, 1.82) is 0 Å². The van der Waals surface area contributed by atoms with E-state index in [4.69, 9.17) is 11.6 Å². The molecule has 3 aromatic rings. The van der Waals surface area contributed by atoms with Crippen LogP contribution in [0.25, 0.3) is 6.08 Å². The van der Waals surface area contributed by atoms with Gasteiger partial charge in [-0.05, 0) is 48.2 Å². The molecule has 0 aromatic heterocycles. The lowest BCUT2D eigenvalue weighted by Crippen LogP contribution is -2.48. The van der Waals surface area contributed by atoms with Crippen LogP contribution in [0.5, 0.6) is 0 Å². The monoisotopic (exact) mass is 513 g/mol. The zero-order valence-corrected chi connectivity index (χ0v) is 21.7. The first-order valence-electron chi connectivity index (χ1n) is 13.0. The van der Waals surface area contributed by atoms with Crippen molar-refractivity contribution in [2.75, 3.05) is 36.4 Å². The summed E-state index contributed by atoms with van der Waals surface area (Å²) in [4.78, 5) is 30.6. The molecule has 1 saturated carbocycles. The predicted octanol–water partition coefficient (Wildman–Crippen LogP) is 6.15. The molecule has 6 heteroatoms. The van der Waals surface area contributed by atoms with Gasteiger partial charge in [-0.2, -0.15) is 0 Å². The SMILES string of the molecule is O=C(/C=C/c1ccccc1)N1CCN(c2ccc(Cl)cc2NC(=O)C2(c3ccccc3)CCCC2)CC1. The van der Waals surface area contributed by atoms with E-state index in [-0.39, 0.29) is 11.8 Å². The van der Waals surface area contributed by atoms with Crippen molar-refractivity contribution < 1.29 is 9.59 Å². The van der Waals surface area contributed by atoms with Gasteiger partial charge in [0.15, 0.2) is 0 Å². The smallest absolute Gasteiger partial charge is 0.246 e. The van der Waals surface area contributed by atoms with Crippen LogP contribution in [-0.4, -0.2) is 42.9 Å². The second-order valence-electron chi connectivity index (χ2n) is 9.83. The van der Waals surface area contributed by atoms with Gasteiger partial charge in [0, 0.05) is 37.3 Å². The normalized spacial score (nSPS) is 17.2. The maximum atomic E-state index is 13.8. The van der Waals surface area contributed by atoms with Crippen LogP contribution in [0.3, 0.4) is 0 Å². The molecular formula is C31H32ClN3O2. The number of nitrogens with one attached hydrogen (secondary N) is 1. The van der Waals surface area contributed by atoms with E-state index < -0.39 is 5.41 Å². The molecule has 0 atom stereocenters. The van der Waals surface area contributed by atoms with E-state index in [0.29, 0.717) is 31.2 Å². The van der Waals surface area contributed by atoms with Crippen LogP contribution >= 0.6 is 11.6 Å². The van der Waals surface area contributed by atoms with Crippen LogP contribution in [-0.2, 0) is 15.0 Å². The maximum absolute atomic E-state index is 13.8. The second-order valence-corrected chi connectivity index (χ2v) is 10.3. The Labute approximate surface area is 223 Å². The van der Waals surface area contributed by atoms with Crippen molar-refractivity contribution in [2.45, 2.75) is 31.1 Å². The molecule has 1 saturated heterocycles. The summed E-state index contributed by atoms with van der Waals surface area (Å²) in [6.45, 7) is 2.59. The molecule has 5 nitrogen and oxygen atoms in total. The summed E-state index contributed by atoms with van der Waals surface area (Å²) in [5.41, 5.74) is 3.22. The number of hydrogen-bond donors (Lipinski definition) is 1. The molecule has 2 amide bonds. The van der Waals surface area contributed by atoms with E-state index in [1.165, 1.54) is 0 Å². The zero-order chi connectivity index (χ0) is 25.7. The molecule has 190 valence electrons. The quantitative estimate of drug-likeness (QED) is 0.402. The lowest BCUT2D eigenvalue weighted by molar-refractivity contribution is -0.126. The summed E-state index contributed by atoms with van der Waals surface area (Å²) >= 11 is 6.37. The van der Waals surface area contributed by atoms with E-state index in [1.807, 2.05) is 77.7 Å². The van der Waals surface area contributed by atoms with E-state index in [1.54, 1.807) is 6.08 Å². The van der Waals surface area contributed by atoms with Crippen LogP contribution in [0.4, 0.5) is 11.4 Å². The van der Waals surface area contributed by atoms with Gasteiger partial charge in [0.1, 0.15) is 0 Å². The van der Waals surface area contributed by atoms with Gasteiger partial charge in [-0.3, -0.25) is 9.59 Å². The number of benzene rings is 3. The molecule has 0 bridgehead atoms. The highest BCUT2D eigenvalue weighted by molar-refractivity contribution is 6.31. The maximum Gasteiger partial charge on any atom is 0.246 e. The fourth-order valence-electron chi connectivity index (χ4n) is 5.51. The number of nitrogens with zero attached hydrogens (tertiary/aromatic N) is 2. The van der Waals surface area contributed by atoms with Gasteiger partial charge in [-0.25, -0.2) is 0 Å². The summed E-state index contributed by atoms with van der Waals surface area (Å²) in [6, 6.07) is 25.6. The van der Waals surface area contributed by atoms with Crippen LogP contribution in [0.15, 0.2) is 84.9 Å². The molecule has 1 heterocycles. The fraction of sp³-hybridized carbons (Fsp3) is 0.290. The topological polar surface area (TPSA) is 52.7 Å². The molecule has 37 heavy (non-hydrogen) atoms. The van der Waals surface area contributed by atoms with Gasteiger partial charge in [-0.15, -0.1) is 0 Å². The molecule has 3 aromatic carbocycles. The van der Waals surface area contributed by atoms with Crippen molar-refractivity contribution in [2.24, 2.45) is 0 Å². The van der Waals surface area contributed by atoms with Crippen LogP contribution in [0.1, 0.15) is 36.8 Å². The van der Waals surface area contributed by atoms with Crippen molar-refractivity contribution in [3.63, 3.8) is 0 Å². The van der Waals surface area contributed by atoms with Crippen LogP contribution in [0, 0.1) is 0 Å². The first-order chi connectivity index (χ1) is 18.0. The Hall–Kier alpha value is -3.57. The molecular weight excluding hydrogens is 482 g/mol. The number of piperazine rings is 1. The Morgan fingerprint density at radius 1 is 0.838 bits per heavy atom. The van der Waals surface area contributed by atoms with Crippen molar-refractivity contribution in [1.82, 2.24) is 4.90 Å². The average molecular weight is 514 g/mol. The molecule has 1 N–H and O–H groups in total. The number of halogens is 1. The van der Waals surface area contributed by atoms with Gasteiger partial charge in [-0.1, -0.05) is 85.1 Å². The lowest BCUT2D eigenvalue weighted by Gasteiger charge is -2.37. The largest absolute Gasteiger partial charge is 0.366 e. The molecule has 2 aliphatic rings. The first kappa shape index (κ1) is 25.1. The third kappa shape index (κ3) is 5.57. The predicted molar refractivity (Wildman–Crippen MR) is 151 cm³/mol. The van der Waals surface area contributed by atoms with E-state index >= 15 is 0 Å². The van der Waals surface area contributed by atoms with Crippen LogP contribution in [0.2, 0.25) is 5.02 Å². The van der Waals surface area contributed by atoms with E-state index in [2.05, 4.69) is 22.3 Å². The van der Waals surface area contributed by atoms with Crippen molar-refractivity contribution in [3.05, 3.63) is 101 Å².